The van der Waals surface area contributed by atoms with Gasteiger partial charge in [-0.3, -0.25) is 0 Å². The van der Waals surface area contributed by atoms with Crippen molar-refractivity contribution < 1.29 is 0 Å². The maximum absolute atomic E-state index is 8.85. The van der Waals surface area contributed by atoms with E-state index < -0.39 is 0 Å². The van der Waals surface area contributed by atoms with Crippen molar-refractivity contribution in [3.63, 3.8) is 0 Å². The molecule has 2 aromatic carbocycles. The van der Waals surface area contributed by atoms with Crippen LogP contribution in [0.25, 0.3) is 5.69 Å². The molecular formula is C15H11ClN6. The van der Waals surface area contributed by atoms with Gasteiger partial charge in [0.05, 0.1) is 28.0 Å². The number of hydrogen-bond donors (Lipinski definition) is 2. The number of hydrogen-bond acceptors (Lipinski definition) is 5. The van der Waals surface area contributed by atoms with Crippen molar-refractivity contribution in [2.45, 2.75) is 0 Å². The SMILES string of the molecule is N#Cc1ccc(-n2nc(N)nc2Nc2ccccc2Cl)cc1. The van der Waals surface area contributed by atoms with Crippen molar-refractivity contribution in [3.05, 3.63) is 59.1 Å². The molecule has 1 heterocycles. The van der Waals surface area contributed by atoms with Crippen LogP contribution >= 0.6 is 11.6 Å². The normalized spacial score (nSPS) is 10.2. The number of nitrogens with two attached hydrogens (primary N) is 1. The van der Waals surface area contributed by atoms with E-state index in [1.165, 1.54) is 0 Å². The minimum Gasteiger partial charge on any atom is -0.366 e. The van der Waals surface area contributed by atoms with Crippen molar-refractivity contribution in [1.29, 1.82) is 5.26 Å². The summed E-state index contributed by atoms with van der Waals surface area (Å²) in [5.41, 5.74) is 7.70. The zero-order valence-corrected chi connectivity index (χ0v) is 12.1. The molecule has 1 aromatic heterocycles. The van der Waals surface area contributed by atoms with Crippen LogP contribution in [-0.2, 0) is 0 Å². The number of nitrogen functional groups attached to an aromatic ring is 1. The lowest BCUT2D eigenvalue weighted by atomic mass is 10.2. The van der Waals surface area contributed by atoms with Crippen LogP contribution in [0.5, 0.6) is 0 Å². The first-order valence-corrected chi connectivity index (χ1v) is 6.80. The Balaban J connectivity index is 1.99. The Hall–Kier alpha value is -3.04. The summed E-state index contributed by atoms with van der Waals surface area (Å²) in [6.07, 6.45) is 0. The molecule has 0 aliphatic rings. The summed E-state index contributed by atoms with van der Waals surface area (Å²) in [5, 5.41) is 16.7. The number of nitrogens with zero attached hydrogens (tertiary/aromatic N) is 4. The van der Waals surface area contributed by atoms with Crippen LogP contribution in [0.1, 0.15) is 5.56 Å². The molecule has 7 heteroatoms. The van der Waals surface area contributed by atoms with Crippen LogP contribution in [0.4, 0.5) is 17.6 Å². The second-order valence-corrected chi connectivity index (χ2v) is 4.88. The molecule has 3 rings (SSSR count). The lowest BCUT2D eigenvalue weighted by Gasteiger charge is -2.09. The van der Waals surface area contributed by atoms with Crippen molar-refractivity contribution in [3.8, 4) is 11.8 Å². The fourth-order valence-corrected chi connectivity index (χ4v) is 2.13. The number of halogens is 1. The molecule has 0 spiro atoms. The molecule has 0 atom stereocenters. The van der Waals surface area contributed by atoms with E-state index in [0.29, 0.717) is 22.2 Å². The van der Waals surface area contributed by atoms with Gasteiger partial charge in [0.25, 0.3) is 0 Å². The molecule has 0 amide bonds. The van der Waals surface area contributed by atoms with Gasteiger partial charge >= 0.3 is 0 Å². The third-order valence-electron chi connectivity index (χ3n) is 2.98. The Morgan fingerprint density at radius 1 is 1.14 bits per heavy atom. The Bertz CT molecular complexity index is 847. The lowest BCUT2D eigenvalue weighted by molar-refractivity contribution is 0.892. The molecule has 0 aliphatic heterocycles. The van der Waals surface area contributed by atoms with Gasteiger partial charge in [0.1, 0.15) is 0 Å². The van der Waals surface area contributed by atoms with Crippen molar-refractivity contribution >= 4 is 29.2 Å². The van der Waals surface area contributed by atoms with Gasteiger partial charge in [-0.05, 0) is 36.4 Å². The number of para-hydroxylation sites is 1. The molecule has 0 saturated carbocycles. The second kappa shape index (κ2) is 5.76. The predicted molar refractivity (Wildman–Crippen MR) is 85.2 cm³/mol. The van der Waals surface area contributed by atoms with E-state index in [1.807, 2.05) is 18.2 Å². The van der Waals surface area contributed by atoms with Gasteiger partial charge in [0, 0.05) is 0 Å². The summed E-state index contributed by atoms with van der Waals surface area (Å²) in [7, 11) is 0. The second-order valence-electron chi connectivity index (χ2n) is 4.47. The van der Waals surface area contributed by atoms with E-state index in [9.17, 15) is 0 Å². The molecule has 0 fully saturated rings. The van der Waals surface area contributed by atoms with Gasteiger partial charge < -0.3 is 11.1 Å². The average molecular weight is 311 g/mol. The highest BCUT2D eigenvalue weighted by molar-refractivity contribution is 6.33. The van der Waals surface area contributed by atoms with Crippen LogP contribution in [0.15, 0.2) is 48.5 Å². The first-order chi connectivity index (χ1) is 10.7. The van der Waals surface area contributed by atoms with Gasteiger partial charge in [-0.25, -0.2) is 0 Å². The smallest absolute Gasteiger partial charge is 0.241 e. The summed E-state index contributed by atoms with van der Waals surface area (Å²) in [4.78, 5) is 4.16. The van der Waals surface area contributed by atoms with E-state index in [2.05, 4.69) is 21.5 Å². The summed E-state index contributed by atoms with van der Waals surface area (Å²) in [6, 6.07) is 16.3. The number of anilines is 3. The first kappa shape index (κ1) is 13.9. The number of rotatable bonds is 3. The quantitative estimate of drug-likeness (QED) is 0.775. The number of nitriles is 1. The third kappa shape index (κ3) is 2.71. The summed E-state index contributed by atoms with van der Waals surface area (Å²) in [5.74, 6) is 0.578. The zero-order chi connectivity index (χ0) is 15.5. The fraction of sp³-hybridized carbons (Fsp3) is 0. The molecule has 0 bridgehead atoms. The average Bonchev–Trinajstić information content (AvgIpc) is 2.90. The Morgan fingerprint density at radius 2 is 1.86 bits per heavy atom. The topological polar surface area (TPSA) is 92.5 Å². The van der Waals surface area contributed by atoms with Crippen molar-refractivity contribution in [1.82, 2.24) is 14.8 Å². The van der Waals surface area contributed by atoms with E-state index in [4.69, 9.17) is 22.6 Å². The van der Waals surface area contributed by atoms with Gasteiger partial charge in [-0.15, -0.1) is 5.10 Å². The standard InChI is InChI=1S/C15H11ClN6/c16-12-3-1-2-4-13(12)19-15-20-14(18)21-22(15)11-7-5-10(9-17)6-8-11/h1-8H,(H3,18,19,20,21). The van der Waals surface area contributed by atoms with Crippen LogP contribution in [0.2, 0.25) is 5.02 Å². The fourth-order valence-electron chi connectivity index (χ4n) is 1.95. The van der Waals surface area contributed by atoms with E-state index in [0.717, 1.165) is 5.69 Å². The molecule has 0 aliphatic carbocycles. The molecule has 0 radical (unpaired) electrons. The molecular weight excluding hydrogens is 300 g/mol. The number of benzene rings is 2. The molecule has 0 unspecified atom stereocenters. The number of aromatic nitrogens is 3. The molecule has 22 heavy (non-hydrogen) atoms. The minimum atomic E-state index is 0.138. The van der Waals surface area contributed by atoms with Crippen LogP contribution in [0.3, 0.4) is 0 Å². The molecule has 0 saturated heterocycles. The van der Waals surface area contributed by atoms with E-state index in [1.54, 1.807) is 35.0 Å². The van der Waals surface area contributed by atoms with Gasteiger partial charge in [-0.1, -0.05) is 23.7 Å². The Kier molecular flexibility index (Phi) is 3.64. The maximum Gasteiger partial charge on any atom is 0.241 e. The Morgan fingerprint density at radius 3 is 2.55 bits per heavy atom. The van der Waals surface area contributed by atoms with Crippen molar-refractivity contribution in [2.24, 2.45) is 0 Å². The van der Waals surface area contributed by atoms with Crippen LogP contribution in [0, 0.1) is 11.3 Å². The summed E-state index contributed by atoms with van der Waals surface area (Å²) < 4.78 is 1.56. The summed E-state index contributed by atoms with van der Waals surface area (Å²) in [6.45, 7) is 0. The van der Waals surface area contributed by atoms with Crippen molar-refractivity contribution in [2.75, 3.05) is 11.1 Å². The largest absolute Gasteiger partial charge is 0.366 e. The highest BCUT2D eigenvalue weighted by atomic mass is 35.5. The third-order valence-corrected chi connectivity index (χ3v) is 3.31. The van der Waals surface area contributed by atoms with Gasteiger partial charge in [-0.2, -0.15) is 14.9 Å². The zero-order valence-electron chi connectivity index (χ0n) is 11.4. The summed E-state index contributed by atoms with van der Waals surface area (Å²) >= 11 is 6.13. The number of nitrogens with one attached hydrogen (secondary N) is 1. The molecule has 6 nitrogen and oxygen atoms in total. The highest BCUT2D eigenvalue weighted by Gasteiger charge is 2.11. The lowest BCUT2D eigenvalue weighted by Crippen LogP contribution is -2.03. The van der Waals surface area contributed by atoms with E-state index >= 15 is 0 Å². The first-order valence-electron chi connectivity index (χ1n) is 6.42. The van der Waals surface area contributed by atoms with Crippen LogP contribution in [-0.4, -0.2) is 14.8 Å². The maximum atomic E-state index is 8.85. The molecule has 3 N–H and O–H groups in total. The van der Waals surface area contributed by atoms with Crippen LogP contribution < -0.4 is 11.1 Å². The van der Waals surface area contributed by atoms with Gasteiger partial charge in [0.2, 0.25) is 11.9 Å². The van der Waals surface area contributed by atoms with Gasteiger partial charge in [0.15, 0.2) is 0 Å². The predicted octanol–water partition coefficient (Wildman–Crippen LogP) is 3.12. The monoisotopic (exact) mass is 310 g/mol. The molecule has 3 aromatic rings. The molecule has 108 valence electrons. The Labute approximate surface area is 131 Å². The minimum absolute atomic E-state index is 0.138. The highest BCUT2D eigenvalue weighted by Crippen LogP contribution is 2.25. The van der Waals surface area contributed by atoms with E-state index in [-0.39, 0.29) is 5.95 Å².